The summed E-state index contributed by atoms with van der Waals surface area (Å²) >= 11 is 0. The molecule has 39 heavy (non-hydrogen) atoms. The number of aliphatic hydroxyl groups is 1. The first-order valence-electron chi connectivity index (χ1n) is 13.2. The summed E-state index contributed by atoms with van der Waals surface area (Å²) < 4.78 is 12.4. The molecular formula is C31H38N2O6. The Morgan fingerprint density at radius 3 is 2.21 bits per heavy atom. The van der Waals surface area contributed by atoms with Gasteiger partial charge in [-0.3, -0.25) is 4.79 Å². The van der Waals surface area contributed by atoms with E-state index >= 15 is 0 Å². The summed E-state index contributed by atoms with van der Waals surface area (Å²) in [7, 11) is 0. The van der Waals surface area contributed by atoms with Crippen molar-refractivity contribution in [2.24, 2.45) is 0 Å². The number of nitrogens with zero attached hydrogens (tertiary/aromatic N) is 2. The number of benzene rings is 2. The number of rotatable bonds is 10. The third-order valence-corrected chi connectivity index (χ3v) is 5.91. The van der Waals surface area contributed by atoms with E-state index in [0.717, 1.165) is 12.0 Å². The van der Waals surface area contributed by atoms with Crippen LogP contribution in [-0.2, 0) is 32.8 Å². The van der Waals surface area contributed by atoms with Crippen molar-refractivity contribution in [3.8, 4) is 11.1 Å². The molecule has 0 bridgehead atoms. The van der Waals surface area contributed by atoms with E-state index in [1.54, 1.807) is 58.2 Å². The van der Waals surface area contributed by atoms with Crippen molar-refractivity contribution in [2.45, 2.75) is 79.1 Å². The third kappa shape index (κ3) is 7.20. The molecule has 1 aromatic heterocycles. The zero-order valence-corrected chi connectivity index (χ0v) is 23.8. The second kappa shape index (κ2) is 11.9. The van der Waals surface area contributed by atoms with Crippen molar-refractivity contribution in [1.29, 1.82) is 0 Å². The van der Waals surface area contributed by atoms with Crippen LogP contribution in [0, 0.1) is 0 Å². The van der Waals surface area contributed by atoms with Crippen LogP contribution in [0.1, 0.15) is 92.8 Å². The van der Waals surface area contributed by atoms with Gasteiger partial charge in [0.1, 0.15) is 22.7 Å². The van der Waals surface area contributed by atoms with E-state index < -0.39 is 28.9 Å². The van der Waals surface area contributed by atoms with Crippen molar-refractivity contribution in [3.05, 3.63) is 76.9 Å². The van der Waals surface area contributed by atoms with E-state index in [-0.39, 0.29) is 30.1 Å². The van der Waals surface area contributed by atoms with E-state index in [9.17, 15) is 19.5 Å². The number of ketones is 1. The zero-order valence-electron chi connectivity index (χ0n) is 23.8. The largest absolute Gasteiger partial charge is 0.461 e. The summed E-state index contributed by atoms with van der Waals surface area (Å²) in [6.45, 7) is 12.3. The number of carbonyl (C=O) groups is 3. The smallest absolute Gasteiger partial charge is 0.380 e. The van der Waals surface area contributed by atoms with Gasteiger partial charge in [0.15, 0.2) is 5.69 Å². The lowest BCUT2D eigenvalue weighted by Gasteiger charge is -2.20. The van der Waals surface area contributed by atoms with Crippen LogP contribution in [-0.4, -0.2) is 44.6 Å². The SMILES string of the molecule is CCCc1nc(C(C)(C)O)c(C(=O)OCC)n1Cc1ccc(-c2ccccc2)c(C(=O)C(=O)OC(C)(C)C)c1. The molecule has 1 N–H and O–H groups in total. The Hall–Kier alpha value is -3.78. The maximum atomic E-state index is 13.4. The highest BCUT2D eigenvalue weighted by Gasteiger charge is 2.33. The molecule has 1 heterocycles. The van der Waals surface area contributed by atoms with E-state index in [1.807, 2.05) is 43.3 Å². The van der Waals surface area contributed by atoms with Crippen molar-refractivity contribution >= 4 is 17.7 Å². The van der Waals surface area contributed by atoms with Crippen LogP contribution in [0.2, 0.25) is 0 Å². The van der Waals surface area contributed by atoms with Crippen molar-refractivity contribution in [2.75, 3.05) is 6.61 Å². The number of imidazole rings is 1. The Labute approximate surface area is 230 Å². The van der Waals surface area contributed by atoms with Gasteiger partial charge in [0, 0.05) is 18.5 Å². The molecule has 0 amide bonds. The number of esters is 2. The summed E-state index contributed by atoms with van der Waals surface area (Å²) in [6.07, 6.45) is 1.33. The first kappa shape index (κ1) is 29.8. The van der Waals surface area contributed by atoms with Crippen LogP contribution in [0.5, 0.6) is 0 Å². The van der Waals surface area contributed by atoms with Gasteiger partial charge in [0.05, 0.1) is 6.61 Å². The number of carbonyl (C=O) groups excluding carboxylic acids is 3. The Balaban J connectivity index is 2.18. The fourth-order valence-electron chi connectivity index (χ4n) is 4.28. The van der Waals surface area contributed by atoms with Gasteiger partial charge in [-0.15, -0.1) is 0 Å². The van der Waals surface area contributed by atoms with Gasteiger partial charge in [0.25, 0.3) is 5.78 Å². The second-order valence-electron chi connectivity index (χ2n) is 10.9. The minimum absolute atomic E-state index is 0.165. The van der Waals surface area contributed by atoms with E-state index in [4.69, 9.17) is 9.47 Å². The number of aryl methyl sites for hydroxylation is 1. The maximum absolute atomic E-state index is 13.4. The molecule has 3 rings (SSSR count). The van der Waals surface area contributed by atoms with Crippen molar-refractivity contribution in [3.63, 3.8) is 0 Å². The predicted molar refractivity (Wildman–Crippen MR) is 149 cm³/mol. The summed E-state index contributed by atoms with van der Waals surface area (Å²) in [5.74, 6) is -1.67. The van der Waals surface area contributed by atoms with Crippen LogP contribution in [0.15, 0.2) is 48.5 Å². The molecule has 2 aromatic carbocycles. The van der Waals surface area contributed by atoms with Crippen LogP contribution in [0.25, 0.3) is 11.1 Å². The topological polar surface area (TPSA) is 108 Å². The minimum Gasteiger partial charge on any atom is -0.461 e. The molecular weight excluding hydrogens is 496 g/mol. The summed E-state index contributed by atoms with van der Waals surface area (Å²) in [5, 5.41) is 10.8. The molecule has 3 aromatic rings. The van der Waals surface area contributed by atoms with Crippen molar-refractivity contribution < 1.29 is 29.0 Å². The van der Waals surface area contributed by atoms with Gasteiger partial charge >= 0.3 is 11.9 Å². The van der Waals surface area contributed by atoms with Crippen molar-refractivity contribution in [1.82, 2.24) is 9.55 Å². The third-order valence-electron chi connectivity index (χ3n) is 5.91. The molecule has 0 unspecified atom stereocenters. The lowest BCUT2D eigenvalue weighted by atomic mass is 9.94. The van der Waals surface area contributed by atoms with Gasteiger partial charge in [0.2, 0.25) is 0 Å². The standard InChI is InChI=1S/C31H38N2O6/c1-8-13-24-32-27(31(6,7)37)25(28(35)38-9-2)33(24)19-20-16-17-22(21-14-11-10-12-15-21)23(18-20)26(34)29(36)39-30(3,4)5/h10-12,14-18,37H,8-9,13,19H2,1-7H3. The Bertz CT molecular complexity index is 1340. The Kier molecular flexibility index (Phi) is 9.12. The Morgan fingerprint density at radius 2 is 1.64 bits per heavy atom. The molecule has 0 saturated carbocycles. The van der Waals surface area contributed by atoms with Gasteiger partial charge < -0.3 is 19.1 Å². The second-order valence-corrected chi connectivity index (χ2v) is 10.9. The molecule has 0 aliphatic rings. The van der Waals surface area contributed by atoms with Gasteiger partial charge in [-0.05, 0) is 70.7 Å². The number of aromatic nitrogens is 2. The molecule has 0 radical (unpaired) electrons. The first-order valence-corrected chi connectivity index (χ1v) is 13.2. The monoisotopic (exact) mass is 534 g/mol. The van der Waals surface area contributed by atoms with Crippen LogP contribution in [0.4, 0.5) is 0 Å². The van der Waals surface area contributed by atoms with Gasteiger partial charge in [-0.25, -0.2) is 14.6 Å². The molecule has 0 aliphatic carbocycles. The van der Waals surface area contributed by atoms with E-state index in [0.29, 0.717) is 23.4 Å². The molecule has 0 fully saturated rings. The fourth-order valence-corrected chi connectivity index (χ4v) is 4.28. The lowest BCUT2D eigenvalue weighted by molar-refractivity contribution is -0.148. The van der Waals surface area contributed by atoms with E-state index in [2.05, 4.69) is 4.98 Å². The zero-order chi connectivity index (χ0) is 29.0. The summed E-state index contributed by atoms with van der Waals surface area (Å²) in [5.41, 5.74) is 0.430. The Morgan fingerprint density at radius 1 is 0.974 bits per heavy atom. The van der Waals surface area contributed by atoms with E-state index in [1.165, 1.54) is 0 Å². The van der Waals surface area contributed by atoms with Gasteiger partial charge in [-0.2, -0.15) is 0 Å². The molecule has 0 saturated heterocycles. The molecule has 8 nitrogen and oxygen atoms in total. The molecule has 0 spiro atoms. The molecule has 8 heteroatoms. The highest BCUT2D eigenvalue weighted by molar-refractivity contribution is 6.42. The van der Waals surface area contributed by atoms with Gasteiger partial charge in [-0.1, -0.05) is 49.4 Å². The fraction of sp³-hybridized carbons (Fsp3) is 0.419. The highest BCUT2D eigenvalue weighted by atomic mass is 16.6. The predicted octanol–water partition coefficient (Wildman–Crippen LogP) is 5.48. The minimum atomic E-state index is -1.38. The summed E-state index contributed by atoms with van der Waals surface area (Å²) in [4.78, 5) is 43.9. The average molecular weight is 535 g/mol. The number of ether oxygens (including phenoxy) is 2. The van der Waals surface area contributed by atoms with Crippen LogP contribution in [0.3, 0.4) is 0 Å². The lowest BCUT2D eigenvalue weighted by Crippen LogP contribution is -2.29. The molecule has 0 atom stereocenters. The number of hydrogen-bond donors (Lipinski definition) is 1. The quantitative estimate of drug-likeness (QED) is 0.208. The first-order chi connectivity index (χ1) is 18.3. The average Bonchev–Trinajstić information content (AvgIpc) is 3.22. The normalized spacial score (nSPS) is 11.8. The highest BCUT2D eigenvalue weighted by Crippen LogP contribution is 2.29. The number of hydrogen-bond acceptors (Lipinski definition) is 7. The van der Waals surface area contributed by atoms with Crippen LogP contribution < -0.4 is 0 Å². The maximum Gasteiger partial charge on any atom is 0.380 e. The summed E-state index contributed by atoms with van der Waals surface area (Å²) in [6, 6.07) is 14.6. The van der Waals surface area contributed by atoms with Crippen LogP contribution >= 0.6 is 0 Å². The number of Topliss-reactive ketones (excluding diaryl/α,β-unsaturated/α-hetero) is 1. The molecule has 208 valence electrons. The molecule has 0 aliphatic heterocycles.